The minimum absolute atomic E-state index is 0.0845. The molecule has 2 aliphatic carbocycles. The molecule has 1 atom stereocenters. The van der Waals surface area contributed by atoms with Crippen LogP contribution in [0.5, 0.6) is 0 Å². The summed E-state index contributed by atoms with van der Waals surface area (Å²) in [6, 6.07) is 2.67. The molecule has 18 heavy (non-hydrogen) atoms. The van der Waals surface area contributed by atoms with Crippen LogP contribution in [0.3, 0.4) is 0 Å². The standard InChI is InChI=1S/C14H20N2OS/c15-13(11-1-2-11)7-14(17)16(12-3-4-12)8-10-5-6-18-9-10/h5-6,9,11-13H,1-4,7-8,15H2. The van der Waals surface area contributed by atoms with E-state index in [1.54, 1.807) is 11.3 Å². The van der Waals surface area contributed by atoms with Gasteiger partial charge in [-0.2, -0.15) is 11.3 Å². The highest BCUT2D eigenvalue weighted by Crippen LogP contribution is 2.34. The Kier molecular flexibility index (Phi) is 3.39. The maximum absolute atomic E-state index is 12.3. The van der Waals surface area contributed by atoms with E-state index < -0.39 is 0 Å². The van der Waals surface area contributed by atoms with Gasteiger partial charge in [0, 0.05) is 25.0 Å². The Bertz CT molecular complexity index is 409. The summed E-state index contributed by atoms with van der Waals surface area (Å²) in [5, 5.41) is 4.20. The fourth-order valence-electron chi connectivity index (χ4n) is 2.40. The van der Waals surface area contributed by atoms with Crippen LogP contribution in [0.1, 0.15) is 37.7 Å². The van der Waals surface area contributed by atoms with E-state index in [1.165, 1.54) is 18.4 Å². The number of amides is 1. The SMILES string of the molecule is NC(CC(=O)N(Cc1ccsc1)C1CC1)C1CC1. The molecule has 2 saturated carbocycles. The highest BCUT2D eigenvalue weighted by atomic mass is 32.1. The Morgan fingerprint density at radius 1 is 1.44 bits per heavy atom. The van der Waals surface area contributed by atoms with Gasteiger partial charge in [-0.25, -0.2) is 0 Å². The lowest BCUT2D eigenvalue weighted by Gasteiger charge is -2.23. The molecule has 0 spiro atoms. The quantitative estimate of drug-likeness (QED) is 0.857. The van der Waals surface area contributed by atoms with Crippen molar-refractivity contribution >= 4 is 17.2 Å². The topological polar surface area (TPSA) is 46.3 Å². The van der Waals surface area contributed by atoms with Crippen molar-refractivity contribution in [3.8, 4) is 0 Å². The first-order valence-electron chi connectivity index (χ1n) is 6.80. The van der Waals surface area contributed by atoms with E-state index >= 15 is 0 Å². The third-order valence-electron chi connectivity index (χ3n) is 3.88. The molecular weight excluding hydrogens is 244 g/mol. The summed E-state index contributed by atoms with van der Waals surface area (Å²) in [5.41, 5.74) is 7.32. The van der Waals surface area contributed by atoms with Gasteiger partial charge in [-0.05, 0) is 54.0 Å². The number of hydrogen-bond donors (Lipinski definition) is 1. The maximum Gasteiger partial charge on any atom is 0.224 e. The Hall–Kier alpha value is -0.870. The molecule has 1 unspecified atom stereocenters. The Balaban J connectivity index is 1.59. The van der Waals surface area contributed by atoms with Crippen molar-refractivity contribution in [1.29, 1.82) is 0 Å². The van der Waals surface area contributed by atoms with Crippen LogP contribution < -0.4 is 5.73 Å². The van der Waals surface area contributed by atoms with Gasteiger partial charge < -0.3 is 10.6 Å². The lowest BCUT2D eigenvalue weighted by atomic mass is 10.1. The largest absolute Gasteiger partial charge is 0.335 e. The van der Waals surface area contributed by atoms with E-state index in [9.17, 15) is 4.79 Å². The molecule has 3 nitrogen and oxygen atoms in total. The van der Waals surface area contributed by atoms with Gasteiger partial charge in [0.1, 0.15) is 0 Å². The highest BCUT2D eigenvalue weighted by Gasteiger charge is 2.35. The molecule has 2 N–H and O–H groups in total. The monoisotopic (exact) mass is 264 g/mol. The molecule has 0 aliphatic heterocycles. The molecule has 0 bridgehead atoms. The molecule has 1 aromatic heterocycles. The van der Waals surface area contributed by atoms with Gasteiger partial charge in [0.15, 0.2) is 0 Å². The molecule has 98 valence electrons. The van der Waals surface area contributed by atoms with Gasteiger partial charge in [-0.3, -0.25) is 4.79 Å². The predicted octanol–water partition coefficient (Wildman–Crippen LogP) is 2.37. The molecule has 2 fully saturated rings. The van der Waals surface area contributed by atoms with Crippen LogP contribution in [-0.2, 0) is 11.3 Å². The molecule has 0 saturated heterocycles. The van der Waals surface area contributed by atoms with Crippen molar-refractivity contribution in [2.24, 2.45) is 11.7 Å². The van der Waals surface area contributed by atoms with E-state index in [-0.39, 0.29) is 11.9 Å². The number of nitrogens with two attached hydrogens (primary N) is 1. The normalized spacial score (nSPS) is 20.7. The predicted molar refractivity (Wildman–Crippen MR) is 73.2 cm³/mol. The molecule has 1 aromatic rings. The number of thiophene rings is 1. The molecule has 4 heteroatoms. The average Bonchev–Trinajstić information content (AvgIpc) is 3.25. The van der Waals surface area contributed by atoms with Gasteiger partial charge in [0.05, 0.1) is 0 Å². The summed E-state index contributed by atoms with van der Waals surface area (Å²) in [6.45, 7) is 0.768. The zero-order valence-corrected chi connectivity index (χ0v) is 11.4. The van der Waals surface area contributed by atoms with E-state index in [0.717, 1.165) is 19.4 Å². The second kappa shape index (κ2) is 5.02. The van der Waals surface area contributed by atoms with Crippen molar-refractivity contribution < 1.29 is 4.79 Å². The fraction of sp³-hybridized carbons (Fsp3) is 0.643. The lowest BCUT2D eigenvalue weighted by Crippen LogP contribution is -2.37. The lowest BCUT2D eigenvalue weighted by molar-refractivity contribution is -0.132. The van der Waals surface area contributed by atoms with Crippen LogP contribution in [0, 0.1) is 5.92 Å². The van der Waals surface area contributed by atoms with Crippen molar-refractivity contribution in [2.75, 3.05) is 0 Å². The van der Waals surface area contributed by atoms with Crippen LogP contribution in [0.25, 0.3) is 0 Å². The fourth-order valence-corrected chi connectivity index (χ4v) is 3.06. The van der Waals surface area contributed by atoms with E-state index in [4.69, 9.17) is 5.73 Å². The first-order valence-corrected chi connectivity index (χ1v) is 7.74. The molecule has 3 rings (SSSR count). The van der Waals surface area contributed by atoms with Gasteiger partial charge in [0.2, 0.25) is 5.91 Å². The number of hydrogen-bond acceptors (Lipinski definition) is 3. The van der Waals surface area contributed by atoms with Crippen LogP contribution in [-0.4, -0.2) is 22.9 Å². The van der Waals surface area contributed by atoms with Gasteiger partial charge in [0.25, 0.3) is 0 Å². The first-order chi connectivity index (χ1) is 8.74. The highest BCUT2D eigenvalue weighted by molar-refractivity contribution is 7.07. The van der Waals surface area contributed by atoms with E-state index in [2.05, 4.69) is 16.8 Å². The molecular formula is C14H20N2OS. The summed E-state index contributed by atoms with van der Waals surface area (Å²) in [5.74, 6) is 0.860. The summed E-state index contributed by atoms with van der Waals surface area (Å²) in [4.78, 5) is 14.4. The summed E-state index contributed by atoms with van der Waals surface area (Å²) in [6.07, 6.45) is 5.28. The van der Waals surface area contributed by atoms with E-state index in [1.807, 2.05) is 4.90 Å². The van der Waals surface area contributed by atoms with Gasteiger partial charge in [-0.1, -0.05) is 0 Å². The van der Waals surface area contributed by atoms with Gasteiger partial charge >= 0.3 is 0 Å². The van der Waals surface area contributed by atoms with Crippen LogP contribution in [0.2, 0.25) is 0 Å². The Morgan fingerprint density at radius 2 is 2.22 bits per heavy atom. The van der Waals surface area contributed by atoms with Gasteiger partial charge in [-0.15, -0.1) is 0 Å². The second-order valence-electron chi connectivity index (χ2n) is 5.59. The zero-order valence-electron chi connectivity index (χ0n) is 10.5. The average molecular weight is 264 g/mol. The molecule has 1 amide bonds. The summed E-state index contributed by atoms with van der Waals surface area (Å²) in [7, 11) is 0. The number of carbonyl (C=O) groups excluding carboxylic acids is 1. The minimum Gasteiger partial charge on any atom is -0.335 e. The third kappa shape index (κ3) is 2.93. The van der Waals surface area contributed by atoms with Crippen molar-refractivity contribution in [3.63, 3.8) is 0 Å². The minimum atomic E-state index is 0.0845. The Morgan fingerprint density at radius 3 is 2.78 bits per heavy atom. The number of carbonyl (C=O) groups is 1. The van der Waals surface area contributed by atoms with Crippen molar-refractivity contribution in [1.82, 2.24) is 4.90 Å². The maximum atomic E-state index is 12.3. The van der Waals surface area contributed by atoms with Crippen molar-refractivity contribution in [2.45, 2.75) is 50.7 Å². The Labute approximate surface area is 112 Å². The second-order valence-corrected chi connectivity index (χ2v) is 6.37. The smallest absolute Gasteiger partial charge is 0.224 e. The first kappa shape index (κ1) is 12.2. The molecule has 0 radical (unpaired) electrons. The number of rotatable bonds is 6. The molecule has 1 heterocycles. The summed E-state index contributed by atoms with van der Waals surface area (Å²) < 4.78 is 0. The zero-order chi connectivity index (χ0) is 12.5. The molecule has 0 aromatic carbocycles. The number of nitrogens with zero attached hydrogens (tertiary/aromatic N) is 1. The third-order valence-corrected chi connectivity index (χ3v) is 4.61. The van der Waals surface area contributed by atoms with Crippen LogP contribution in [0.4, 0.5) is 0 Å². The van der Waals surface area contributed by atoms with E-state index in [0.29, 0.717) is 18.4 Å². The van der Waals surface area contributed by atoms with Crippen molar-refractivity contribution in [3.05, 3.63) is 22.4 Å². The van der Waals surface area contributed by atoms with Crippen LogP contribution in [0.15, 0.2) is 16.8 Å². The molecule has 2 aliphatic rings. The van der Waals surface area contributed by atoms with Crippen LogP contribution >= 0.6 is 11.3 Å². The summed E-state index contributed by atoms with van der Waals surface area (Å²) >= 11 is 1.69.